The Morgan fingerprint density at radius 2 is 1.80 bits per heavy atom. The first kappa shape index (κ1) is 23.4. The molecule has 0 unspecified atom stereocenters. The van der Waals surface area contributed by atoms with Crippen LogP contribution < -0.4 is 10.1 Å². The Morgan fingerprint density at radius 3 is 2.36 bits per heavy atom. The molecule has 0 amide bonds. The molecule has 0 aliphatic carbocycles. The summed E-state index contributed by atoms with van der Waals surface area (Å²) in [6.07, 6.45) is 2.46. The van der Waals surface area contributed by atoms with Crippen LogP contribution in [0.25, 0.3) is 0 Å². The van der Waals surface area contributed by atoms with E-state index in [4.69, 9.17) is 29.3 Å². The number of nitrogens with one attached hydrogen (secondary N) is 1. The van der Waals surface area contributed by atoms with Crippen molar-refractivity contribution >= 4 is 27.9 Å². The summed E-state index contributed by atoms with van der Waals surface area (Å²) in [5.41, 5.74) is 1.22. The molecule has 0 radical (unpaired) electrons. The van der Waals surface area contributed by atoms with Gasteiger partial charge in [-0.25, -0.2) is 9.59 Å². The molecule has 0 fully saturated rings. The van der Waals surface area contributed by atoms with Gasteiger partial charge in [0.1, 0.15) is 12.4 Å². The van der Waals surface area contributed by atoms with E-state index >= 15 is 0 Å². The molecule has 0 aliphatic rings. The fourth-order valence-electron chi connectivity index (χ4n) is 1.61. The molecule has 0 aromatic heterocycles. The van der Waals surface area contributed by atoms with E-state index in [-0.39, 0.29) is 0 Å². The van der Waals surface area contributed by atoms with E-state index in [1.54, 1.807) is 0 Å². The number of aryl methyl sites for hydroxylation is 1. The van der Waals surface area contributed by atoms with Crippen molar-refractivity contribution in [3.63, 3.8) is 0 Å². The van der Waals surface area contributed by atoms with Crippen molar-refractivity contribution in [2.75, 3.05) is 32.9 Å². The van der Waals surface area contributed by atoms with Gasteiger partial charge in [-0.05, 0) is 53.5 Å². The Bertz CT molecular complexity index is 512. The van der Waals surface area contributed by atoms with Gasteiger partial charge in [0.25, 0.3) is 0 Å². The van der Waals surface area contributed by atoms with E-state index in [1.807, 2.05) is 18.2 Å². The van der Waals surface area contributed by atoms with Crippen LogP contribution in [0.5, 0.6) is 5.75 Å². The first-order valence-electron chi connectivity index (χ1n) is 8.02. The van der Waals surface area contributed by atoms with Crippen LogP contribution in [0.1, 0.15) is 25.3 Å². The highest BCUT2D eigenvalue weighted by molar-refractivity contribution is 9.10. The van der Waals surface area contributed by atoms with Crippen molar-refractivity contribution < 1.29 is 29.3 Å². The molecule has 1 rings (SSSR count). The maximum atomic E-state index is 9.10. The van der Waals surface area contributed by atoms with Gasteiger partial charge in [0, 0.05) is 6.54 Å². The van der Waals surface area contributed by atoms with Crippen LogP contribution in [0.2, 0.25) is 0 Å². The van der Waals surface area contributed by atoms with Gasteiger partial charge in [-0.15, -0.1) is 0 Å². The number of halogens is 1. The Kier molecular flexibility index (Phi) is 13.7. The number of aliphatic carboxylic acids is 2. The first-order valence-corrected chi connectivity index (χ1v) is 8.81. The van der Waals surface area contributed by atoms with Crippen LogP contribution in [-0.2, 0) is 14.3 Å². The summed E-state index contributed by atoms with van der Waals surface area (Å²) in [7, 11) is 0. The summed E-state index contributed by atoms with van der Waals surface area (Å²) in [6, 6.07) is 6.07. The van der Waals surface area contributed by atoms with Gasteiger partial charge in [0.15, 0.2) is 0 Å². The van der Waals surface area contributed by atoms with E-state index in [9.17, 15) is 0 Å². The zero-order valence-electron chi connectivity index (χ0n) is 14.6. The predicted molar refractivity (Wildman–Crippen MR) is 98.2 cm³/mol. The topological polar surface area (TPSA) is 105 Å². The van der Waals surface area contributed by atoms with Crippen LogP contribution >= 0.6 is 15.9 Å². The Balaban J connectivity index is 0.000000823. The number of rotatable bonds is 10. The zero-order valence-corrected chi connectivity index (χ0v) is 16.2. The van der Waals surface area contributed by atoms with Gasteiger partial charge in [0.2, 0.25) is 0 Å². The normalized spacial score (nSPS) is 9.88. The monoisotopic (exact) mass is 419 g/mol. The zero-order chi connectivity index (χ0) is 19.1. The number of unbranched alkanes of at least 4 members (excludes halogenated alkanes) is 1. The molecule has 0 saturated heterocycles. The average molecular weight is 420 g/mol. The maximum Gasteiger partial charge on any atom is 0.414 e. The average Bonchev–Trinajstić information content (AvgIpc) is 2.55. The molecule has 142 valence electrons. The van der Waals surface area contributed by atoms with E-state index in [0.29, 0.717) is 13.2 Å². The maximum absolute atomic E-state index is 9.10. The third-order valence-electron chi connectivity index (χ3n) is 2.89. The molecule has 8 heteroatoms. The Morgan fingerprint density at radius 1 is 1.12 bits per heavy atom. The van der Waals surface area contributed by atoms with Crippen molar-refractivity contribution in [3.05, 3.63) is 28.2 Å². The number of hydrogen-bond donors (Lipinski definition) is 3. The molecule has 3 N–H and O–H groups in total. The summed E-state index contributed by atoms with van der Waals surface area (Å²) in [6.45, 7) is 8.18. The largest absolute Gasteiger partial charge is 0.490 e. The Labute approximate surface area is 156 Å². The van der Waals surface area contributed by atoms with Crippen LogP contribution in [0.3, 0.4) is 0 Å². The summed E-state index contributed by atoms with van der Waals surface area (Å²) >= 11 is 3.49. The van der Waals surface area contributed by atoms with Crippen molar-refractivity contribution in [2.45, 2.75) is 26.7 Å². The van der Waals surface area contributed by atoms with E-state index in [1.165, 1.54) is 18.4 Å². The minimum atomic E-state index is -1.82. The fourth-order valence-corrected chi connectivity index (χ4v) is 2.21. The van der Waals surface area contributed by atoms with Gasteiger partial charge in [0.05, 0.1) is 17.7 Å². The lowest BCUT2D eigenvalue weighted by Crippen LogP contribution is -2.21. The van der Waals surface area contributed by atoms with Gasteiger partial charge >= 0.3 is 11.9 Å². The molecular weight excluding hydrogens is 394 g/mol. The molecule has 7 nitrogen and oxygen atoms in total. The number of hydrogen-bond acceptors (Lipinski definition) is 5. The molecule has 1 aromatic rings. The minimum absolute atomic E-state index is 0.580. The van der Waals surface area contributed by atoms with Crippen LogP contribution in [0.4, 0.5) is 0 Å². The smallest absolute Gasteiger partial charge is 0.414 e. The number of carboxylic acids is 2. The summed E-state index contributed by atoms with van der Waals surface area (Å²) in [5, 5.41) is 18.1. The van der Waals surface area contributed by atoms with E-state index in [2.05, 4.69) is 35.1 Å². The number of carboxylic acid groups (broad SMARTS) is 2. The third-order valence-corrected chi connectivity index (χ3v) is 3.51. The lowest BCUT2D eigenvalue weighted by molar-refractivity contribution is -0.159. The predicted octanol–water partition coefficient (Wildman–Crippen LogP) is 2.70. The van der Waals surface area contributed by atoms with Gasteiger partial charge in [-0.3, -0.25) is 0 Å². The summed E-state index contributed by atoms with van der Waals surface area (Å²) < 4.78 is 12.1. The standard InChI is InChI=1S/C15H24BrNO2.C2H2O4/c1-3-4-7-17-8-9-18-10-11-19-15-6-5-13(2)12-14(15)16;3-1(4)2(5)6/h5-6,12,17H,3-4,7-11H2,1-2H3;(H,3,4)(H,5,6). The highest BCUT2D eigenvalue weighted by Gasteiger charge is 2.04. The summed E-state index contributed by atoms with van der Waals surface area (Å²) in [5.74, 6) is -2.78. The second-order valence-corrected chi connectivity index (χ2v) is 5.96. The molecule has 0 atom stereocenters. The second-order valence-electron chi connectivity index (χ2n) is 5.11. The van der Waals surface area contributed by atoms with Crippen molar-refractivity contribution in [1.82, 2.24) is 5.32 Å². The van der Waals surface area contributed by atoms with Crippen molar-refractivity contribution in [3.8, 4) is 5.75 Å². The SMILES string of the molecule is CCCCNCCOCCOc1ccc(C)cc1Br.O=C(O)C(=O)O. The van der Waals surface area contributed by atoms with Crippen molar-refractivity contribution in [2.24, 2.45) is 0 Å². The number of benzene rings is 1. The number of carbonyl (C=O) groups is 2. The van der Waals surface area contributed by atoms with Gasteiger partial charge in [-0.1, -0.05) is 19.4 Å². The molecule has 25 heavy (non-hydrogen) atoms. The minimum Gasteiger partial charge on any atom is -0.490 e. The van der Waals surface area contributed by atoms with Crippen molar-refractivity contribution in [1.29, 1.82) is 0 Å². The molecule has 0 bridgehead atoms. The first-order chi connectivity index (χ1) is 11.9. The fraction of sp³-hybridized carbons (Fsp3) is 0.529. The van der Waals surface area contributed by atoms with E-state index in [0.717, 1.165) is 29.9 Å². The molecule has 0 spiro atoms. The van der Waals surface area contributed by atoms with Gasteiger partial charge in [-0.2, -0.15) is 0 Å². The molecule has 0 aliphatic heterocycles. The quantitative estimate of drug-likeness (QED) is 0.395. The lowest BCUT2D eigenvalue weighted by Gasteiger charge is -2.09. The molecule has 0 heterocycles. The highest BCUT2D eigenvalue weighted by Crippen LogP contribution is 2.25. The van der Waals surface area contributed by atoms with E-state index < -0.39 is 11.9 Å². The molecule has 0 saturated carbocycles. The van der Waals surface area contributed by atoms with Crippen LogP contribution in [0.15, 0.2) is 22.7 Å². The lowest BCUT2D eigenvalue weighted by atomic mass is 10.2. The number of ether oxygens (including phenoxy) is 2. The molecule has 1 aromatic carbocycles. The van der Waals surface area contributed by atoms with Gasteiger partial charge < -0.3 is 25.0 Å². The third kappa shape index (κ3) is 13.3. The molecular formula is C17H26BrNO6. The highest BCUT2D eigenvalue weighted by atomic mass is 79.9. The second kappa shape index (κ2) is 14.7. The van der Waals surface area contributed by atoms with Crippen LogP contribution in [-0.4, -0.2) is 55.1 Å². The Hall–Kier alpha value is -1.64. The van der Waals surface area contributed by atoms with Crippen LogP contribution in [0, 0.1) is 6.92 Å². The summed E-state index contributed by atoms with van der Waals surface area (Å²) in [4.78, 5) is 18.2.